The van der Waals surface area contributed by atoms with Crippen molar-refractivity contribution in [3.8, 4) is 0 Å². The first-order chi connectivity index (χ1) is 9.18. The van der Waals surface area contributed by atoms with E-state index in [9.17, 15) is 9.59 Å². The second kappa shape index (κ2) is 6.98. The van der Waals surface area contributed by atoms with Crippen LogP contribution < -0.4 is 5.32 Å². The lowest BCUT2D eigenvalue weighted by Crippen LogP contribution is -2.41. The van der Waals surface area contributed by atoms with Gasteiger partial charge in [0.1, 0.15) is 0 Å². The van der Waals surface area contributed by atoms with Gasteiger partial charge >= 0.3 is 5.97 Å². The van der Waals surface area contributed by atoms with E-state index in [1.165, 1.54) is 18.6 Å². The average Bonchev–Trinajstić information content (AvgIpc) is 2.46. The molecular weight excluding hydrogens is 262 g/mol. The van der Waals surface area contributed by atoms with Gasteiger partial charge in [-0.25, -0.2) is 0 Å². The number of rotatable bonds is 4. The summed E-state index contributed by atoms with van der Waals surface area (Å²) in [5.41, 5.74) is 0. The van der Waals surface area contributed by atoms with Crippen LogP contribution in [-0.2, 0) is 9.59 Å². The zero-order valence-electron chi connectivity index (χ0n) is 11.0. The molecule has 19 heavy (non-hydrogen) atoms. The maximum absolute atomic E-state index is 12.1. The summed E-state index contributed by atoms with van der Waals surface area (Å²) in [6, 6.07) is 0. The lowest BCUT2D eigenvalue weighted by atomic mass is 9.82. The molecule has 0 aromatic carbocycles. The summed E-state index contributed by atoms with van der Waals surface area (Å²) in [6.45, 7) is 0.677. The van der Waals surface area contributed by atoms with Gasteiger partial charge in [0.15, 0.2) is 0 Å². The molecule has 0 saturated carbocycles. The third-order valence-corrected chi connectivity index (χ3v) is 5.26. The Morgan fingerprint density at radius 3 is 2.58 bits per heavy atom. The summed E-state index contributed by atoms with van der Waals surface area (Å²) in [5.74, 6) is -0.760. The number of allylic oxidation sites excluding steroid dienone is 2. The Morgan fingerprint density at radius 1 is 1.21 bits per heavy atom. The van der Waals surface area contributed by atoms with Crippen LogP contribution in [0, 0.1) is 11.8 Å². The predicted octanol–water partition coefficient (Wildman–Crippen LogP) is 2.06. The smallest absolute Gasteiger partial charge is 0.307 e. The van der Waals surface area contributed by atoms with E-state index in [4.69, 9.17) is 5.11 Å². The highest BCUT2D eigenvalue weighted by molar-refractivity contribution is 7.99. The lowest BCUT2D eigenvalue weighted by molar-refractivity contribution is -0.147. The Bertz CT molecular complexity index is 364. The number of carbonyl (C=O) groups excluding carboxylic acids is 1. The highest BCUT2D eigenvalue weighted by Gasteiger charge is 2.34. The van der Waals surface area contributed by atoms with Gasteiger partial charge in [-0.2, -0.15) is 11.8 Å². The topological polar surface area (TPSA) is 66.4 Å². The number of nitrogens with one attached hydrogen (secondary N) is 1. The molecular formula is C14H21NO3S. The molecule has 1 fully saturated rings. The normalized spacial score (nSPS) is 30.8. The van der Waals surface area contributed by atoms with Crippen molar-refractivity contribution in [3.63, 3.8) is 0 Å². The molecule has 0 aromatic rings. The maximum Gasteiger partial charge on any atom is 0.307 e. The molecule has 3 unspecified atom stereocenters. The average molecular weight is 283 g/mol. The molecule has 0 radical (unpaired) electrons. The fraction of sp³-hybridized carbons (Fsp3) is 0.714. The molecule has 2 N–H and O–H groups in total. The monoisotopic (exact) mass is 283 g/mol. The Morgan fingerprint density at radius 2 is 1.95 bits per heavy atom. The van der Waals surface area contributed by atoms with Crippen LogP contribution in [0.3, 0.4) is 0 Å². The molecule has 1 aliphatic heterocycles. The van der Waals surface area contributed by atoms with E-state index in [-0.39, 0.29) is 5.91 Å². The summed E-state index contributed by atoms with van der Waals surface area (Å²) in [7, 11) is 0. The molecule has 1 heterocycles. The minimum absolute atomic E-state index is 0.0945. The van der Waals surface area contributed by atoms with Crippen molar-refractivity contribution in [3.05, 3.63) is 12.2 Å². The van der Waals surface area contributed by atoms with Crippen molar-refractivity contribution in [1.82, 2.24) is 5.32 Å². The second-order valence-corrected chi connectivity index (χ2v) is 6.64. The van der Waals surface area contributed by atoms with Gasteiger partial charge in [-0.15, -0.1) is 0 Å². The maximum atomic E-state index is 12.1. The first kappa shape index (κ1) is 14.4. The summed E-state index contributed by atoms with van der Waals surface area (Å²) >= 11 is 1.91. The van der Waals surface area contributed by atoms with E-state index >= 15 is 0 Å². The largest absolute Gasteiger partial charge is 0.481 e. The number of aliphatic carboxylic acids is 1. The van der Waals surface area contributed by atoms with Crippen LogP contribution in [0.25, 0.3) is 0 Å². The highest BCUT2D eigenvalue weighted by Crippen LogP contribution is 2.27. The van der Waals surface area contributed by atoms with E-state index in [2.05, 4.69) is 5.32 Å². The van der Waals surface area contributed by atoms with Crippen molar-refractivity contribution < 1.29 is 14.7 Å². The van der Waals surface area contributed by atoms with Crippen LogP contribution in [0.2, 0.25) is 0 Å². The van der Waals surface area contributed by atoms with E-state index in [0.29, 0.717) is 24.6 Å². The Kier molecular flexibility index (Phi) is 5.31. The number of carboxylic acid groups (broad SMARTS) is 1. The van der Waals surface area contributed by atoms with Gasteiger partial charge < -0.3 is 10.4 Å². The van der Waals surface area contributed by atoms with E-state index in [1.54, 1.807) is 0 Å². The zero-order chi connectivity index (χ0) is 13.7. The summed E-state index contributed by atoms with van der Waals surface area (Å²) in [5, 5.41) is 12.6. The Balaban J connectivity index is 1.84. The zero-order valence-corrected chi connectivity index (χ0v) is 11.8. The van der Waals surface area contributed by atoms with Crippen molar-refractivity contribution in [2.75, 3.05) is 12.3 Å². The van der Waals surface area contributed by atoms with Crippen LogP contribution in [-0.4, -0.2) is 34.5 Å². The van der Waals surface area contributed by atoms with Gasteiger partial charge in [-0.3, -0.25) is 9.59 Å². The van der Waals surface area contributed by atoms with E-state index in [1.807, 2.05) is 23.9 Å². The molecule has 2 rings (SSSR count). The Hall–Kier alpha value is -0.970. The number of hydrogen-bond acceptors (Lipinski definition) is 3. The number of carbonyl (C=O) groups is 2. The standard InChI is InChI=1S/C14H21NO3S/c16-13(15-9-10-5-3-4-8-19-10)11-6-1-2-7-12(11)14(17)18/h1-2,10-12H,3-9H2,(H,15,16)(H,17,18). The predicted molar refractivity (Wildman–Crippen MR) is 76.1 cm³/mol. The minimum Gasteiger partial charge on any atom is -0.481 e. The molecule has 4 nitrogen and oxygen atoms in total. The minimum atomic E-state index is -0.864. The van der Waals surface area contributed by atoms with Gasteiger partial charge in [0.25, 0.3) is 0 Å². The van der Waals surface area contributed by atoms with Crippen molar-refractivity contribution in [2.24, 2.45) is 11.8 Å². The van der Waals surface area contributed by atoms with Gasteiger partial charge in [0, 0.05) is 11.8 Å². The first-order valence-corrected chi connectivity index (χ1v) is 8.00. The number of carboxylic acids is 1. The fourth-order valence-electron chi connectivity index (χ4n) is 2.69. The van der Waals surface area contributed by atoms with Crippen LogP contribution in [0.15, 0.2) is 12.2 Å². The molecule has 5 heteroatoms. The van der Waals surface area contributed by atoms with Crippen molar-refractivity contribution >= 4 is 23.6 Å². The molecule has 0 aromatic heterocycles. The summed E-state index contributed by atoms with van der Waals surface area (Å²) in [6.07, 6.45) is 8.43. The van der Waals surface area contributed by atoms with Crippen LogP contribution >= 0.6 is 11.8 Å². The third-order valence-electron chi connectivity index (χ3n) is 3.86. The van der Waals surface area contributed by atoms with Gasteiger partial charge in [0.05, 0.1) is 11.8 Å². The van der Waals surface area contributed by atoms with Crippen LogP contribution in [0.5, 0.6) is 0 Å². The number of hydrogen-bond donors (Lipinski definition) is 2. The third kappa shape index (κ3) is 4.00. The molecule has 1 saturated heterocycles. The number of amides is 1. The first-order valence-electron chi connectivity index (χ1n) is 6.95. The molecule has 1 aliphatic carbocycles. The quantitative estimate of drug-likeness (QED) is 0.775. The molecule has 3 atom stereocenters. The van der Waals surface area contributed by atoms with E-state index < -0.39 is 17.8 Å². The molecule has 0 spiro atoms. The van der Waals surface area contributed by atoms with Gasteiger partial charge in [-0.05, 0) is 31.4 Å². The fourth-order valence-corrected chi connectivity index (χ4v) is 3.93. The molecule has 2 aliphatic rings. The molecule has 1 amide bonds. The van der Waals surface area contributed by atoms with Crippen molar-refractivity contribution in [2.45, 2.75) is 37.4 Å². The summed E-state index contributed by atoms with van der Waals surface area (Å²) in [4.78, 5) is 23.3. The van der Waals surface area contributed by atoms with Gasteiger partial charge in [0.2, 0.25) is 5.91 Å². The van der Waals surface area contributed by atoms with Crippen molar-refractivity contribution in [1.29, 1.82) is 0 Å². The summed E-state index contributed by atoms with van der Waals surface area (Å²) < 4.78 is 0. The SMILES string of the molecule is O=C(O)C1CC=CCC1C(=O)NCC1CCCCS1. The van der Waals surface area contributed by atoms with Crippen LogP contribution in [0.4, 0.5) is 0 Å². The number of thioether (sulfide) groups is 1. The second-order valence-electron chi connectivity index (χ2n) is 5.23. The highest BCUT2D eigenvalue weighted by atomic mass is 32.2. The van der Waals surface area contributed by atoms with Crippen LogP contribution in [0.1, 0.15) is 32.1 Å². The Labute approximate surface area is 118 Å². The molecule has 0 bridgehead atoms. The molecule has 106 valence electrons. The van der Waals surface area contributed by atoms with Gasteiger partial charge in [-0.1, -0.05) is 18.6 Å². The lowest BCUT2D eigenvalue weighted by Gasteiger charge is -2.26. The van der Waals surface area contributed by atoms with E-state index in [0.717, 1.165) is 6.42 Å².